The van der Waals surface area contributed by atoms with Crippen LogP contribution in [0.4, 0.5) is 9.59 Å². The molecule has 21 heavy (non-hydrogen) atoms. The van der Waals surface area contributed by atoms with Gasteiger partial charge in [0.15, 0.2) is 11.6 Å². The van der Waals surface area contributed by atoms with Gasteiger partial charge in [0.1, 0.15) is 0 Å². The van der Waals surface area contributed by atoms with Crippen LogP contribution in [0, 0.1) is 0 Å². The molecule has 0 spiro atoms. The van der Waals surface area contributed by atoms with Crippen molar-refractivity contribution in [3.8, 4) is 0 Å². The largest absolute Gasteiger partial charge is 2.00 e. The third-order valence-corrected chi connectivity index (χ3v) is 1.30. The summed E-state index contributed by atoms with van der Waals surface area (Å²) >= 11 is 0. The summed E-state index contributed by atoms with van der Waals surface area (Å²) in [6, 6.07) is 0. The summed E-state index contributed by atoms with van der Waals surface area (Å²) in [6.07, 6.45) is -1.18. The van der Waals surface area contributed by atoms with Gasteiger partial charge in [-0.1, -0.05) is 0 Å². The van der Waals surface area contributed by atoms with Crippen molar-refractivity contribution in [1.82, 2.24) is 0 Å². The van der Waals surface area contributed by atoms with Gasteiger partial charge in [-0.2, -0.15) is 0 Å². The van der Waals surface area contributed by atoms with Gasteiger partial charge in [-0.25, -0.2) is 0 Å². The van der Waals surface area contributed by atoms with E-state index in [1.807, 2.05) is 0 Å². The van der Waals surface area contributed by atoms with Gasteiger partial charge in [-0.15, -0.1) is 0 Å². The zero-order chi connectivity index (χ0) is 16.3. The molecule has 0 amide bonds. The summed E-state index contributed by atoms with van der Waals surface area (Å²) in [4.78, 5) is 39.9. The topological polar surface area (TPSA) is 133 Å². The number of carbonyl (C=O) groups excluding carboxylic acids is 4. The maximum Gasteiger partial charge on any atom is 2.00 e. The molecule has 0 aliphatic heterocycles. The molecule has 9 heteroatoms. The number of ketones is 2. The van der Waals surface area contributed by atoms with Gasteiger partial charge in [0.25, 0.3) is 12.3 Å². The molecule has 0 radical (unpaired) electrons. The van der Waals surface area contributed by atoms with Crippen molar-refractivity contribution >= 4 is 46.9 Å². The van der Waals surface area contributed by atoms with Gasteiger partial charge >= 0.3 is 23.1 Å². The average Bonchev–Trinajstić information content (AvgIpc) is 2.11. The number of carboxylic acid groups (broad SMARTS) is 2. The van der Waals surface area contributed by atoms with E-state index < -0.39 is 12.3 Å². The molecule has 0 aromatic carbocycles. The molecule has 0 aromatic heterocycles. The van der Waals surface area contributed by atoms with Gasteiger partial charge < -0.3 is 29.3 Å². The SMILES string of the molecule is CC(=O)C=C(C)OC(=O)[O-].CC(=O)C=C(C)OC(=O)[O-].[Mg+2]. The van der Waals surface area contributed by atoms with Crippen LogP contribution in [0.15, 0.2) is 23.7 Å². The molecule has 112 valence electrons. The van der Waals surface area contributed by atoms with Crippen LogP contribution >= 0.6 is 0 Å². The standard InChI is InChI=1S/2C6H8O4.Mg/c2*1-4(7)3-5(2)10-6(8)9;/h2*3H,1-2H3,(H,8,9);/q;;+2/p-2. The Morgan fingerprint density at radius 1 is 0.714 bits per heavy atom. The van der Waals surface area contributed by atoms with E-state index in [1.54, 1.807) is 0 Å². The van der Waals surface area contributed by atoms with Gasteiger partial charge in [0, 0.05) is 11.5 Å². The molecule has 0 aromatic rings. The number of rotatable bonds is 4. The molecule has 0 rings (SSSR count). The summed E-state index contributed by atoms with van der Waals surface area (Å²) in [7, 11) is 0. The fourth-order valence-corrected chi connectivity index (χ4v) is 0.894. The molecule has 0 bridgehead atoms. The molecule has 8 nitrogen and oxygen atoms in total. The Kier molecular flexibility index (Phi) is 15.1. The molecule has 0 aliphatic carbocycles. The van der Waals surface area contributed by atoms with E-state index in [-0.39, 0.29) is 46.1 Å². The molecule has 0 atom stereocenters. The van der Waals surface area contributed by atoms with Gasteiger partial charge in [0.2, 0.25) is 0 Å². The predicted octanol–water partition coefficient (Wildman–Crippen LogP) is -0.703. The van der Waals surface area contributed by atoms with E-state index in [2.05, 4.69) is 9.47 Å². The van der Waals surface area contributed by atoms with Crippen LogP contribution in [0.5, 0.6) is 0 Å². The predicted molar refractivity (Wildman–Crippen MR) is 67.6 cm³/mol. The second kappa shape index (κ2) is 13.1. The molecule has 0 saturated heterocycles. The van der Waals surface area contributed by atoms with E-state index in [9.17, 15) is 29.4 Å². The normalized spacial score (nSPS) is 10.3. The Hall–Kier alpha value is -1.87. The minimum absolute atomic E-state index is 0. The van der Waals surface area contributed by atoms with Crippen molar-refractivity contribution < 1.29 is 38.9 Å². The maximum atomic E-state index is 10.3. The van der Waals surface area contributed by atoms with Crippen molar-refractivity contribution in [1.29, 1.82) is 0 Å². The molecular formula is C12H14MgO8. The molecular weight excluding hydrogens is 296 g/mol. The third kappa shape index (κ3) is 23.6. The number of allylic oxidation sites excluding steroid dienone is 4. The number of hydrogen-bond acceptors (Lipinski definition) is 8. The van der Waals surface area contributed by atoms with Crippen LogP contribution in [0.25, 0.3) is 0 Å². The van der Waals surface area contributed by atoms with Gasteiger partial charge in [-0.3, -0.25) is 9.59 Å². The van der Waals surface area contributed by atoms with Crippen molar-refractivity contribution in [3.05, 3.63) is 23.7 Å². The smallest absolute Gasteiger partial charge is 0.519 e. The van der Waals surface area contributed by atoms with Crippen molar-refractivity contribution in [2.75, 3.05) is 0 Å². The zero-order valence-electron chi connectivity index (χ0n) is 12.1. The summed E-state index contributed by atoms with van der Waals surface area (Å²) in [5, 5.41) is 19.4. The zero-order valence-corrected chi connectivity index (χ0v) is 13.5. The first-order valence-electron chi connectivity index (χ1n) is 5.20. The second-order valence-corrected chi connectivity index (χ2v) is 3.44. The number of carbonyl (C=O) groups is 4. The molecule has 0 heterocycles. The Balaban J connectivity index is -0.000000295. The van der Waals surface area contributed by atoms with E-state index >= 15 is 0 Å². The van der Waals surface area contributed by atoms with Crippen molar-refractivity contribution in [2.45, 2.75) is 27.7 Å². The van der Waals surface area contributed by atoms with E-state index in [4.69, 9.17) is 0 Å². The first-order valence-corrected chi connectivity index (χ1v) is 5.20. The molecule has 0 N–H and O–H groups in total. The second-order valence-electron chi connectivity index (χ2n) is 3.44. The molecule has 0 aliphatic rings. The van der Waals surface area contributed by atoms with Crippen LogP contribution in [-0.2, 0) is 19.1 Å². The quantitative estimate of drug-likeness (QED) is 0.288. The maximum absolute atomic E-state index is 10.3. The van der Waals surface area contributed by atoms with Crippen LogP contribution in [0.2, 0.25) is 0 Å². The van der Waals surface area contributed by atoms with Gasteiger partial charge in [0.05, 0.1) is 0 Å². The fraction of sp³-hybridized carbons (Fsp3) is 0.333. The van der Waals surface area contributed by atoms with Crippen LogP contribution in [0.3, 0.4) is 0 Å². The number of ether oxygens (including phenoxy) is 2. The summed E-state index contributed by atoms with van der Waals surface area (Å²) in [6.45, 7) is 5.30. The molecule has 0 saturated carbocycles. The Morgan fingerprint density at radius 3 is 1.10 bits per heavy atom. The molecule has 0 fully saturated rings. The van der Waals surface area contributed by atoms with Crippen LogP contribution in [-0.4, -0.2) is 46.9 Å². The van der Waals surface area contributed by atoms with E-state index in [1.165, 1.54) is 27.7 Å². The summed E-state index contributed by atoms with van der Waals surface area (Å²) in [5.41, 5.74) is 0. The first kappa shape index (κ1) is 24.2. The van der Waals surface area contributed by atoms with E-state index in [0.717, 1.165) is 12.2 Å². The van der Waals surface area contributed by atoms with Crippen molar-refractivity contribution in [2.24, 2.45) is 0 Å². The van der Waals surface area contributed by atoms with Crippen LogP contribution in [0.1, 0.15) is 27.7 Å². The number of hydrogen-bond donors (Lipinski definition) is 0. The van der Waals surface area contributed by atoms with E-state index in [0.29, 0.717) is 0 Å². The monoisotopic (exact) mass is 310 g/mol. The average molecular weight is 311 g/mol. The van der Waals surface area contributed by atoms with Crippen LogP contribution < -0.4 is 10.2 Å². The minimum Gasteiger partial charge on any atom is -0.519 e. The Labute approximate surface area is 137 Å². The molecule has 0 unspecified atom stereocenters. The first-order chi connectivity index (χ1) is 9.04. The van der Waals surface area contributed by atoms with Gasteiger partial charge in [-0.05, 0) is 39.8 Å². The third-order valence-electron chi connectivity index (χ3n) is 1.30. The fourth-order valence-electron chi connectivity index (χ4n) is 0.894. The minimum atomic E-state index is -1.66. The Bertz CT molecular complexity index is 408. The Morgan fingerprint density at radius 2 is 0.952 bits per heavy atom. The van der Waals surface area contributed by atoms with Crippen molar-refractivity contribution in [3.63, 3.8) is 0 Å². The summed E-state index contributed by atoms with van der Waals surface area (Å²) < 4.78 is 8.01. The summed E-state index contributed by atoms with van der Waals surface area (Å²) in [5.74, 6) is -0.488.